The summed E-state index contributed by atoms with van der Waals surface area (Å²) in [5.41, 5.74) is 1.13. The van der Waals surface area contributed by atoms with Gasteiger partial charge in [0, 0.05) is 19.5 Å². The van der Waals surface area contributed by atoms with Gasteiger partial charge in [-0.1, -0.05) is 18.2 Å². The second-order valence-corrected chi connectivity index (χ2v) is 4.71. The Labute approximate surface area is 114 Å². The van der Waals surface area contributed by atoms with E-state index in [-0.39, 0.29) is 5.91 Å². The lowest BCUT2D eigenvalue weighted by atomic mass is 10.2. The van der Waals surface area contributed by atoms with Gasteiger partial charge in [0.05, 0.1) is 19.8 Å². The maximum Gasteiger partial charge on any atom is 0.222 e. The SMILES string of the molecule is Cc1ccccc1OCCCC(=O)N1CCOCC1. The Morgan fingerprint density at radius 1 is 1.32 bits per heavy atom. The highest BCUT2D eigenvalue weighted by Gasteiger charge is 2.15. The van der Waals surface area contributed by atoms with Crippen molar-refractivity contribution in [3.8, 4) is 5.75 Å². The molecule has 1 aromatic carbocycles. The van der Waals surface area contributed by atoms with Crippen LogP contribution in [-0.2, 0) is 9.53 Å². The van der Waals surface area contributed by atoms with E-state index in [0.29, 0.717) is 26.2 Å². The summed E-state index contributed by atoms with van der Waals surface area (Å²) in [5, 5.41) is 0. The number of benzene rings is 1. The Kier molecular flexibility index (Phi) is 5.21. The number of para-hydroxylation sites is 1. The van der Waals surface area contributed by atoms with Gasteiger partial charge >= 0.3 is 0 Å². The van der Waals surface area contributed by atoms with Crippen LogP contribution in [0, 0.1) is 6.92 Å². The predicted molar refractivity (Wildman–Crippen MR) is 73.3 cm³/mol. The molecule has 4 nitrogen and oxygen atoms in total. The van der Waals surface area contributed by atoms with Crippen molar-refractivity contribution < 1.29 is 14.3 Å². The van der Waals surface area contributed by atoms with Crippen molar-refractivity contribution in [3.05, 3.63) is 29.8 Å². The third kappa shape index (κ3) is 4.24. The van der Waals surface area contributed by atoms with Gasteiger partial charge in [0.25, 0.3) is 0 Å². The molecular weight excluding hydrogens is 242 g/mol. The van der Waals surface area contributed by atoms with E-state index in [1.54, 1.807) is 0 Å². The van der Waals surface area contributed by atoms with E-state index < -0.39 is 0 Å². The summed E-state index contributed by atoms with van der Waals surface area (Å²) in [7, 11) is 0. The zero-order valence-electron chi connectivity index (χ0n) is 11.4. The van der Waals surface area contributed by atoms with Gasteiger partial charge in [-0.2, -0.15) is 0 Å². The number of aryl methyl sites for hydroxylation is 1. The lowest BCUT2D eigenvalue weighted by molar-refractivity contribution is -0.135. The van der Waals surface area contributed by atoms with Crippen LogP contribution in [0.2, 0.25) is 0 Å². The third-order valence-electron chi connectivity index (χ3n) is 3.25. The Balaban J connectivity index is 1.66. The average Bonchev–Trinajstić information content (AvgIpc) is 2.46. The Bertz CT molecular complexity index is 414. The van der Waals surface area contributed by atoms with E-state index in [1.807, 2.05) is 36.1 Å². The van der Waals surface area contributed by atoms with Crippen molar-refractivity contribution in [2.45, 2.75) is 19.8 Å². The second-order valence-electron chi connectivity index (χ2n) is 4.71. The van der Waals surface area contributed by atoms with Gasteiger partial charge in [0.2, 0.25) is 5.91 Å². The number of amides is 1. The molecule has 1 fully saturated rings. The molecule has 0 bridgehead atoms. The standard InChI is InChI=1S/C15H21NO3/c1-13-5-2-3-6-14(13)19-10-4-7-15(17)16-8-11-18-12-9-16/h2-3,5-6H,4,7-12H2,1H3. The van der Waals surface area contributed by atoms with E-state index in [2.05, 4.69) is 0 Å². The van der Waals surface area contributed by atoms with Crippen LogP contribution < -0.4 is 4.74 Å². The van der Waals surface area contributed by atoms with Crippen LogP contribution in [0.5, 0.6) is 5.75 Å². The Hall–Kier alpha value is -1.55. The molecule has 0 N–H and O–H groups in total. The minimum atomic E-state index is 0.205. The number of rotatable bonds is 5. The molecule has 104 valence electrons. The molecule has 0 unspecified atom stereocenters. The van der Waals surface area contributed by atoms with E-state index >= 15 is 0 Å². The zero-order chi connectivity index (χ0) is 13.5. The number of nitrogens with zero attached hydrogens (tertiary/aromatic N) is 1. The van der Waals surface area contributed by atoms with Crippen LogP contribution in [0.15, 0.2) is 24.3 Å². The molecule has 0 aromatic heterocycles. The van der Waals surface area contributed by atoms with Crippen LogP contribution in [0.4, 0.5) is 0 Å². The van der Waals surface area contributed by atoms with Gasteiger partial charge in [0.1, 0.15) is 5.75 Å². The molecule has 1 saturated heterocycles. The average molecular weight is 263 g/mol. The van der Waals surface area contributed by atoms with Gasteiger partial charge < -0.3 is 14.4 Å². The minimum Gasteiger partial charge on any atom is -0.493 e. The topological polar surface area (TPSA) is 38.8 Å². The molecular formula is C15H21NO3. The number of hydrogen-bond donors (Lipinski definition) is 0. The maximum atomic E-state index is 11.9. The van der Waals surface area contributed by atoms with Gasteiger partial charge in [-0.05, 0) is 25.0 Å². The van der Waals surface area contributed by atoms with Crippen molar-refractivity contribution >= 4 is 5.91 Å². The summed E-state index contributed by atoms with van der Waals surface area (Å²) in [6, 6.07) is 7.93. The van der Waals surface area contributed by atoms with E-state index in [9.17, 15) is 4.79 Å². The van der Waals surface area contributed by atoms with Crippen molar-refractivity contribution in [3.63, 3.8) is 0 Å². The first-order valence-corrected chi connectivity index (χ1v) is 6.81. The summed E-state index contributed by atoms with van der Waals surface area (Å²) in [6.45, 7) is 5.36. The molecule has 1 aliphatic rings. The first-order chi connectivity index (χ1) is 9.27. The summed E-state index contributed by atoms with van der Waals surface area (Å²) in [6.07, 6.45) is 1.30. The predicted octanol–water partition coefficient (Wildman–Crippen LogP) is 2.01. The fourth-order valence-electron chi connectivity index (χ4n) is 2.09. The zero-order valence-corrected chi connectivity index (χ0v) is 11.4. The molecule has 2 rings (SSSR count). The quantitative estimate of drug-likeness (QED) is 0.763. The molecule has 4 heteroatoms. The van der Waals surface area contributed by atoms with Crippen LogP contribution in [-0.4, -0.2) is 43.7 Å². The smallest absolute Gasteiger partial charge is 0.222 e. The molecule has 19 heavy (non-hydrogen) atoms. The van der Waals surface area contributed by atoms with Crippen molar-refractivity contribution in [1.82, 2.24) is 4.90 Å². The highest BCUT2D eigenvalue weighted by Crippen LogP contribution is 2.16. The van der Waals surface area contributed by atoms with Crippen LogP contribution in [0.25, 0.3) is 0 Å². The monoisotopic (exact) mass is 263 g/mol. The largest absolute Gasteiger partial charge is 0.493 e. The van der Waals surface area contributed by atoms with Gasteiger partial charge in [-0.15, -0.1) is 0 Å². The fourth-order valence-corrected chi connectivity index (χ4v) is 2.09. The second kappa shape index (κ2) is 7.14. The minimum absolute atomic E-state index is 0.205. The third-order valence-corrected chi connectivity index (χ3v) is 3.25. The first-order valence-electron chi connectivity index (χ1n) is 6.81. The molecule has 1 aliphatic heterocycles. The molecule has 0 saturated carbocycles. The Morgan fingerprint density at radius 3 is 2.79 bits per heavy atom. The van der Waals surface area contributed by atoms with Crippen LogP contribution >= 0.6 is 0 Å². The van der Waals surface area contributed by atoms with Crippen molar-refractivity contribution in [2.24, 2.45) is 0 Å². The number of morpholine rings is 1. The summed E-state index contributed by atoms with van der Waals surface area (Å²) < 4.78 is 10.9. The summed E-state index contributed by atoms with van der Waals surface area (Å²) in [5.74, 6) is 1.11. The highest BCUT2D eigenvalue weighted by atomic mass is 16.5. The normalized spacial score (nSPS) is 15.3. The van der Waals surface area contributed by atoms with Gasteiger partial charge in [-0.3, -0.25) is 4.79 Å². The molecule has 1 heterocycles. The highest BCUT2D eigenvalue weighted by molar-refractivity contribution is 5.76. The Morgan fingerprint density at radius 2 is 2.05 bits per heavy atom. The number of carbonyl (C=O) groups is 1. The molecule has 1 amide bonds. The van der Waals surface area contributed by atoms with E-state index in [4.69, 9.17) is 9.47 Å². The fraction of sp³-hybridized carbons (Fsp3) is 0.533. The summed E-state index contributed by atoms with van der Waals surface area (Å²) in [4.78, 5) is 13.8. The van der Waals surface area contributed by atoms with Crippen LogP contribution in [0.3, 0.4) is 0 Å². The molecule has 0 aliphatic carbocycles. The number of ether oxygens (including phenoxy) is 2. The molecule has 1 aromatic rings. The molecule has 0 atom stereocenters. The van der Waals surface area contributed by atoms with Gasteiger partial charge in [0.15, 0.2) is 0 Å². The summed E-state index contributed by atoms with van der Waals surface area (Å²) >= 11 is 0. The van der Waals surface area contributed by atoms with Crippen molar-refractivity contribution in [2.75, 3.05) is 32.9 Å². The molecule has 0 spiro atoms. The lowest BCUT2D eigenvalue weighted by Crippen LogP contribution is -2.40. The van der Waals surface area contributed by atoms with E-state index in [1.165, 1.54) is 0 Å². The van der Waals surface area contributed by atoms with Gasteiger partial charge in [-0.25, -0.2) is 0 Å². The lowest BCUT2D eigenvalue weighted by Gasteiger charge is -2.26. The number of hydrogen-bond acceptors (Lipinski definition) is 3. The van der Waals surface area contributed by atoms with Crippen LogP contribution in [0.1, 0.15) is 18.4 Å². The first kappa shape index (κ1) is 13.9. The maximum absolute atomic E-state index is 11.9. The van der Waals surface area contributed by atoms with Crippen molar-refractivity contribution in [1.29, 1.82) is 0 Å². The van der Waals surface area contributed by atoms with E-state index in [0.717, 1.165) is 30.8 Å². The molecule has 0 radical (unpaired) electrons. The number of carbonyl (C=O) groups excluding carboxylic acids is 1.